The molecular weight excluding hydrogens is 705 g/mol. The Morgan fingerprint density at radius 1 is 0.328 bits per heavy atom. The van der Waals surface area contributed by atoms with Crippen LogP contribution in [0.1, 0.15) is 0 Å². The van der Waals surface area contributed by atoms with Gasteiger partial charge < -0.3 is 9.32 Å². The number of hydrogen-bond acceptors (Lipinski definition) is 3. The molecule has 0 saturated carbocycles. The Labute approximate surface area is 337 Å². The SMILES string of the molecule is c1ccc(-c2nc(-c3ccc(-c4ccc5ccc6c(-c7ccc(N(c8ccccc8)c8ccccc8)cc7)ccc7ccc4c5c76)cc3)oc2-c2ccccc2)cc1. The van der Waals surface area contributed by atoms with E-state index in [1.807, 2.05) is 36.4 Å². The molecule has 58 heavy (non-hydrogen) atoms. The summed E-state index contributed by atoms with van der Waals surface area (Å²) in [6, 6.07) is 77.4. The summed E-state index contributed by atoms with van der Waals surface area (Å²) in [5.41, 5.74) is 11.9. The van der Waals surface area contributed by atoms with Crippen LogP contribution in [0.3, 0.4) is 0 Å². The van der Waals surface area contributed by atoms with E-state index in [0.717, 1.165) is 50.8 Å². The topological polar surface area (TPSA) is 29.3 Å². The predicted octanol–water partition coefficient (Wildman–Crippen LogP) is 15.4. The minimum Gasteiger partial charge on any atom is -0.435 e. The fourth-order valence-corrected chi connectivity index (χ4v) is 8.51. The highest BCUT2D eigenvalue weighted by atomic mass is 16.4. The van der Waals surface area contributed by atoms with Gasteiger partial charge in [-0.25, -0.2) is 4.98 Å². The molecule has 1 aromatic heterocycles. The average Bonchev–Trinajstić information content (AvgIpc) is 3.76. The molecule has 1 heterocycles. The lowest BCUT2D eigenvalue weighted by atomic mass is 9.87. The van der Waals surface area contributed by atoms with Crippen LogP contribution < -0.4 is 4.90 Å². The van der Waals surface area contributed by atoms with Crippen LogP contribution in [0.25, 0.3) is 88.6 Å². The maximum absolute atomic E-state index is 6.53. The van der Waals surface area contributed by atoms with E-state index in [2.05, 4.69) is 187 Å². The lowest BCUT2D eigenvalue weighted by molar-refractivity contribution is 0.589. The van der Waals surface area contributed by atoms with Crippen LogP contribution >= 0.6 is 0 Å². The average molecular weight is 741 g/mol. The Bertz CT molecular complexity index is 3080. The van der Waals surface area contributed by atoms with E-state index in [1.165, 1.54) is 49.0 Å². The normalized spacial score (nSPS) is 11.4. The van der Waals surface area contributed by atoms with Crippen molar-refractivity contribution in [3.8, 4) is 56.3 Å². The van der Waals surface area contributed by atoms with Gasteiger partial charge in [0.25, 0.3) is 0 Å². The Balaban J connectivity index is 0.968. The molecule has 3 nitrogen and oxygen atoms in total. The molecule has 11 rings (SSSR count). The number of benzene rings is 10. The maximum Gasteiger partial charge on any atom is 0.227 e. The summed E-state index contributed by atoms with van der Waals surface area (Å²) in [6.07, 6.45) is 0. The smallest absolute Gasteiger partial charge is 0.227 e. The summed E-state index contributed by atoms with van der Waals surface area (Å²) in [4.78, 5) is 7.34. The van der Waals surface area contributed by atoms with Gasteiger partial charge in [-0.3, -0.25) is 0 Å². The van der Waals surface area contributed by atoms with Crippen LogP contribution in [-0.4, -0.2) is 4.98 Å². The molecule has 0 radical (unpaired) electrons. The molecule has 0 aliphatic rings. The third-order valence-corrected chi connectivity index (χ3v) is 11.3. The maximum atomic E-state index is 6.53. The number of anilines is 3. The quantitative estimate of drug-likeness (QED) is 0.145. The van der Waals surface area contributed by atoms with Crippen molar-refractivity contribution in [2.75, 3.05) is 4.90 Å². The summed E-state index contributed by atoms with van der Waals surface area (Å²) in [6.45, 7) is 0. The first kappa shape index (κ1) is 33.6. The molecule has 0 saturated heterocycles. The molecular formula is C55H36N2O. The largest absolute Gasteiger partial charge is 0.435 e. The van der Waals surface area contributed by atoms with Gasteiger partial charge >= 0.3 is 0 Å². The van der Waals surface area contributed by atoms with Crippen molar-refractivity contribution >= 4 is 49.4 Å². The molecule has 272 valence electrons. The molecule has 0 spiro atoms. The van der Waals surface area contributed by atoms with Crippen LogP contribution in [0.2, 0.25) is 0 Å². The molecule has 0 aliphatic heterocycles. The minimum atomic E-state index is 0.605. The van der Waals surface area contributed by atoms with Crippen molar-refractivity contribution in [2.45, 2.75) is 0 Å². The van der Waals surface area contributed by atoms with E-state index >= 15 is 0 Å². The molecule has 0 aliphatic carbocycles. The fraction of sp³-hybridized carbons (Fsp3) is 0. The van der Waals surface area contributed by atoms with Gasteiger partial charge in [0.1, 0.15) is 5.69 Å². The summed E-state index contributed by atoms with van der Waals surface area (Å²) in [5, 5.41) is 7.57. The van der Waals surface area contributed by atoms with Gasteiger partial charge in [0.15, 0.2) is 5.76 Å². The van der Waals surface area contributed by atoms with Crippen LogP contribution in [0.5, 0.6) is 0 Å². The van der Waals surface area contributed by atoms with E-state index in [4.69, 9.17) is 9.40 Å². The van der Waals surface area contributed by atoms with E-state index < -0.39 is 0 Å². The van der Waals surface area contributed by atoms with E-state index in [1.54, 1.807) is 0 Å². The number of oxazole rings is 1. The second-order valence-electron chi connectivity index (χ2n) is 14.7. The fourth-order valence-electron chi connectivity index (χ4n) is 8.51. The van der Waals surface area contributed by atoms with Crippen molar-refractivity contribution in [3.63, 3.8) is 0 Å². The van der Waals surface area contributed by atoms with E-state index in [-0.39, 0.29) is 0 Å². The molecule has 0 atom stereocenters. The van der Waals surface area contributed by atoms with Crippen molar-refractivity contribution in [3.05, 3.63) is 218 Å². The Morgan fingerprint density at radius 3 is 1.26 bits per heavy atom. The first-order chi connectivity index (χ1) is 28.8. The van der Waals surface area contributed by atoms with Gasteiger partial charge in [0, 0.05) is 33.8 Å². The predicted molar refractivity (Wildman–Crippen MR) is 242 cm³/mol. The zero-order valence-corrected chi connectivity index (χ0v) is 31.6. The highest BCUT2D eigenvalue weighted by Crippen LogP contribution is 2.44. The Morgan fingerprint density at radius 2 is 0.741 bits per heavy atom. The summed E-state index contributed by atoms with van der Waals surface area (Å²) in [5.74, 6) is 1.38. The van der Waals surface area contributed by atoms with Gasteiger partial charge in [-0.2, -0.15) is 0 Å². The molecule has 11 aromatic rings. The number of aromatic nitrogens is 1. The van der Waals surface area contributed by atoms with Gasteiger partial charge in [0.2, 0.25) is 5.89 Å². The van der Waals surface area contributed by atoms with Gasteiger partial charge in [-0.15, -0.1) is 0 Å². The second kappa shape index (κ2) is 14.1. The zero-order chi connectivity index (χ0) is 38.4. The lowest BCUT2D eigenvalue weighted by Crippen LogP contribution is -2.09. The number of rotatable bonds is 8. The number of hydrogen-bond donors (Lipinski definition) is 0. The Hall–Kier alpha value is -7.75. The third-order valence-electron chi connectivity index (χ3n) is 11.3. The molecule has 0 fully saturated rings. The van der Waals surface area contributed by atoms with Crippen molar-refractivity contribution in [1.29, 1.82) is 0 Å². The van der Waals surface area contributed by atoms with E-state index in [0.29, 0.717) is 5.89 Å². The first-order valence-electron chi connectivity index (χ1n) is 19.7. The molecule has 0 unspecified atom stereocenters. The van der Waals surface area contributed by atoms with Crippen molar-refractivity contribution < 1.29 is 4.42 Å². The van der Waals surface area contributed by atoms with Gasteiger partial charge in [-0.1, -0.05) is 170 Å². The van der Waals surface area contributed by atoms with Crippen LogP contribution in [-0.2, 0) is 0 Å². The second-order valence-corrected chi connectivity index (χ2v) is 14.7. The highest BCUT2D eigenvalue weighted by molar-refractivity contribution is 6.27. The van der Waals surface area contributed by atoms with E-state index in [9.17, 15) is 0 Å². The highest BCUT2D eigenvalue weighted by Gasteiger charge is 2.20. The Kier molecular flexibility index (Phi) is 8.15. The van der Waals surface area contributed by atoms with Crippen molar-refractivity contribution in [1.82, 2.24) is 4.98 Å². The van der Waals surface area contributed by atoms with Gasteiger partial charge in [-0.05, 0) is 103 Å². The molecule has 0 N–H and O–H groups in total. The monoisotopic (exact) mass is 740 g/mol. The summed E-state index contributed by atoms with van der Waals surface area (Å²) in [7, 11) is 0. The van der Waals surface area contributed by atoms with Crippen LogP contribution in [0, 0.1) is 0 Å². The third kappa shape index (κ3) is 5.80. The molecule has 0 amide bonds. The zero-order valence-electron chi connectivity index (χ0n) is 31.6. The molecule has 10 aromatic carbocycles. The number of para-hydroxylation sites is 2. The molecule has 3 heteroatoms. The first-order valence-corrected chi connectivity index (χ1v) is 19.7. The number of nitrogens with zero attached hydrogens (tertiary/aromatic N) is 2. The lowest BCUT2D eigenvalue weighted by Gasteiger charge is -2.25. The molecule has 0 bridgehead atoms. The summed E-state index contributed by atoms with van der Waals surface area (Å²) < 4.78 is 6.53. The van der Waals surface area contributed by atoms with Crippen LogP contribution in [0.15, 0.2) is 223 Å². The van der Waals surface area contributed by atoms with Gasteiger partial charge in [0.05, 0.1) is 0 Å². The minimum absolute atomic E-state index is 0.605. The standard InChI is InChI=1S/C55H36N2O/c1-5-13-41(14-6-1)53-54(42-15-7-2-8-16-42)58-55(56-53)43-23-21-37(22-24-43)47-33-27-39-30-36-50-48(34-28-40-29-35-49(47)51(39)52(40)50)38-25-31-46(32-26-38)57(44-17-9-3-10-18-44)45-19-11-4-12-20-45/h1-36H. The van der Waals surface area contributed by atoms with Crippen LogP contribution in [0.4, 0.5) is 17.1 Å². The van der Waals surface area contributed by atoms with Crippen molar-refractivity contribution in [2.24, 2.45) is 0 Å². The summed E-state index contributed by atoms with van der Waals surface area (Å²) >= 11 is 0.